The maximum Gasteiger partial charge on any atom is 0.341 e. The quantitative estimate of drug-likeness (QED) is 0.281. The van der Waals surface area contributed by atoms with Crippen LogP contribution < -0.4 is 10.1 Å². The first-order valence-corrected chi connectivity index (χ1v) is 11.7. The number of thiophene rings is 1. The number of aromatic nitrogens is 1. The first kappa shape index (κ1) is 24.2. The summed E-state index contributed by atoms with van der Waals surface area (Å²) in [4.78, 5) is 41.9. The molecule has 8 nitrogen and oxygen atoms in total. The lowest BCUT2D eigenvalue weighted by atomic mass is 10.1. The van der Waals surface area contributed by atoms with E-state index in [2.05, 4.69) is 16.4 Å². The number of amides is 1. The zero-order valence-electron chi connectivity index (χ0n) is 18.5. The van der Waals surface area contributed by atoms with Gasteiger partial charge in [-0.2, -0.15) is 5.26 Å². The average molecular weight is 484 g/mol. The molecule has 0 atom stereocenters. The van der Waals surface area contributed by atoms with Gasteiger partial charge in [0.05, 0.1) is 41.0 Å². The predicted molar refractivity (Wildman–Crippen MR) is 127 cm³/mol. The van der Waals surface area contributed by atoms with Crippen molar-refractivity contribution in [3.05, 3.63) is 45.8 Å². The van der Waals surface area contributed by atoms with Crippen molar-refractivity contribution < 1.29 is 23.9 Å². The number of nitrogens with zero attached hydrogens (tertiary/aromatic N) is 2. The number of esters is 1. The van der Waals surface area contributed by atoms with Gasteiger partial charge < -0.3 is 14.8 Å². The summed E-state index contributed by atoms with van der Waals surface area (Å²) in [6, 6.07) is 9.17. The van der Waals surface area contributed by atoms with Crippen molar-refractivity contribution in [3.8, 4) is 11.8 Å². The normalized spacial score (nSPS) is 10.5. The maximum absolute atomic E-state index is 12.7. The number of methoxy groups -OCH3 is 1. The van der Waals surface area contributed by atoms with Gasteiger partial charge >= 0.3 is 5.97 Å². The van der Waals surface area contributed by atoms with E-state index in [1.54, 1.807) is 39.2 Å². The zero-order valence-corrected chi connectivity index (χ0v) is 20.1. The number of thioether (sulfide) groups is 1. The average Bonchev–Trinajstić information content (AvgIpc) is 3.12. The second-order valence-electron chi connectivity index (χ2n) is 6.89. The Hall–Kier alpha value is -3.42. The fourth-order valence-electron chi connectivity index (χ4n) is 3.13. The Balaban J connectivity index is 1.83. The van der Waals surface area contributed by atoms with Crippen LogP contribution in [-0.2, 0) is 9.53 Å². The van der Waals surface area contributed by atoms with E-state index in [1.165, 1.54) is 6.92 Å². The molecule has 0 bridgehead atoms. The molecule has 0 radical (unpaired) electrons. The van der Waals surface area contributed by atoms with Gasteiger partial charge in [-0.1, -0.05) is 11.8 Å². The predicted octanol–water partition coefficient (Wildman–Crippen LogP) is 4.60. The largest absolute Gasteiger partial charge is 0.497 e. The molecule has 0 spiro atoms. The van der Waals surface area contributed by atoms with E-state index in [4.69, 9.17) is 9.47 Å². The third kappa shape index (κ3) is 5.32. The molecule has 3 aromatic rings. The van der Waals surface area contributed by atoms with Gasteiger partial charge in [0.1, 0.15) is 21.8 Å². The van der Waals surface area contributed by atoms with Gasteiger partial charge in [-0.3, -0.25) is 9.59 Å². The molecule has 2 aromatic heterocycles. The lowest BCUT2D eigenvalue weighted by Crippen LogP contribution is -2.16. The molecule has 3 rings (SSSR count). The Morgan fingerprint density at radius 2 is 2.03 bits per heavy atom. The fraction of sp³-hybridized carbons (Fsp3) is 0.261. The minimum Gasteiger partial charge on any atom is -0.497 e. The highest BCUT2D eigenvalue weighted by molar-refractivity contribution is 8.00. The number of fused-ring (bicyclic) bond motifs is 1. The summed E-state index contributed by atoms with van der Waals surface area (Å²) in [5.41, 5.74) is 1.65. The fourth-order valence-corrected chi connectivity index (χ4v) is 5.00. The maximum atomic E-state index is 12.7. The van der Waals surface area contributed by atoms with Crippen LogP contribution in [0.4, 0.5) is 5.00 Å². The van der Waals surface area contributed by atoms with Crippen molar-refractivity contribution >= 4 is 56.7 Å². The van der Waals surface area contributed by atoms with Gasteiger partial charge in [0.25, 0.3) is 0 Å². The summed E-state index contributed by atoms with van der Waals surface area (Å²) in [6.07, 6.45) is 0. The van der Waals surface area contributed by atoms with Crippen molar-refractivity contribution in [1.29, 1.82) is 5.26 Å². The molecule has 0 aliphatic rings. The molecule has 0 saturated heterocycles. The van der Waals surface area contributed by atoms with E-state index in [9.17, 15) is 19.6 Å². The molecule has 10 heteroatoms. The Bertz CT molecular complexity index is 1290. The molecule has 33 heavy (non-hydrogen) atoms. The van der Waals surface area contributed by atoms with Crippen LogP contribution in [0.25, 0.3) is 10.9 Å². The van der Waals surface area contributed by atoms with Gasteiger partial charge in [0.2, 0.25) is 5.91 Å². The highest BCUT2D eigenvalue weighted by Gasteiger charge is 2.25. The lowest BCUT2D eigenvalue weighted by molar-refractivity contribution is -0.113. The van der Waals surface area contributed by atoms with E-state index < -0.39 is 11.9 Å². The smallest absolute Gasteiger partial charge is 0.341 e. The number of hydrogen-bond donors (Lipinski definition) is 1. The highest BCUT2D eigenvalue weighted by atomic mass is 32.2. The summed E-state index contributed by atoms with van der Waals surface area (Å²) in [5.74, 6) is -0.621. The van der Waals surface area contributed by atoms with Crippen molar-refractivity contribution in [1.82, 2.24) is 4.98 Å². The number of nitrogens with one attached hydrogen (secondary N) is 1. The molecule has 1 amide bonds. The van der Waals surface area contributed by atoms with Crippen molar-refractivity contribution in [3.63, 3.8) is 0 Å². The minimum atomic E-state index is -0.599. The number of pyridine rings is 1. The molecule has 170 valence electrons. The van der Waals surface area contributed by atoms with Crippen LogP contribution in [0.2, 0.25) is 0 Å². The number of Topliss-reactive ketones (excluding diaryl/α,β-unsaturated/α-hetero) is 1. The monoisotopic (exact) mass is 483 g/mol. The molecule has 0 aliphatic carbocycles. The van der Waals surface area contributed by atoms with Crippen molar-refractivity contribution in [2.45, 2.75) is 25.8 Å². The Morgan fingerprint density at radius 3 is 2.67 bits per heavy atom. The number of rotatable bonds is 8. The summed E-state index contributed by atoms with van der Waals surface area (Å²) in [6.45, 7) is 4.90. The van der Waals surface area contributed by atoms with Crippen LogP contribution in [0.15, 0.2) is 29.3 Å². The van der Waals surface area contributed by atoms with E-state index in [1.807, 2.05) is 6.07 Å². The van der Waals surface area contributed by atoms with E-state index in [0.717, 1.165) is 28.5 Å². The molecule has 0 aliphatic heterocycles. The topological polar surface area (TPSA) is 118 Å². The Kier molecular flexibility index (Phi) is 7.68. The Labute approximate surface area is 198 Å². The first-order valence-electron chi connectivity index (χ1n) is 9.92. The first-order chi connectivity index (χ1) is 15.8. The molecular weight excluding hydrogens is 462 g/mol. The zero-order chi connectivity index (χ0) is 24.1. The summed E-state index contributed by atoms with van der Waals surface area (Å²) >= 11 is 2.14. The summed E-state index contributed by atoms with van der Waals surface area (Å²) < 4.78 is 10.3. The van der Waals surface area contributed by atoms with E-state index in [0.29, 0.717) is 32.3 Å². The van der Waals surface area contributed by atoms with Gasteiger partial charge in [-0.15, -0.1) is 11.3 Å². The standard InChI is InChI=1S/C23H21N3O5S2/c1-5-31-23(29)19-12(2)20(13(3)27)33-22(19)26-18(28)11-32-21-15(10-24)8-14-6-7-16(30-4)9-17(14)25-21/h6-9H,5,11H2,1-4H3,(H,26,28). The van der Waals surface area contributed by atoms with Gasteiger partial charge in [-0.05, 0) is 44.5 Å². The van der Waals surface area contributed by atoms with Crippen LogP contribution in [0, 0.1) is 18.3 Å². The van der Waals surface area contributed by atoms with Gasteiger partial charge in [-0.25, -0.2) is 9.78 Å². The summed E-state index contributed by atoms with van der Waals surface area (Å²) in [5, 5.41) is 13.7. The number of ketones is 1. The SMILES string of the molecule is CCOC(=O)c1c(NC(=O)CSc2nc3cc(OC)ccc3cc2C#N)sc(C(C)=O)c1C. The second kappa shape index (κ2) is 10.5. The molecule has 1 aromatic carbocycles. The summed E-state index contributed by atoms with van der Waals surface area (Å²) in [7, 11) is 1.55. The van der Waals surface area contributed by atoms with Gasteiger partial charge in [0, 0.05) is 11.5 Å². The van der Waals surface area contributed by atoms with Crippen LogP contribution >= 0.6 is 23.1 Å². The number of hydrogen-bond acceptors (Lipinski definition) is 9. The van der Waals surface area contributed by atoms with E-state index >= 15 is 0 Å². The van der Waals surface area contributed by atoms with Crippen LogP contribution in [0.5, 0.6) is 5.75 Å². The van der Waals surface area contributed by atoms with Crippen LogP contribution in [0.1, 0.15) is 45.0 Å². The molecule has 0 unspecified atom stereocenters. The highest BCUT2D eigenvalue weighted by Crippen LogP contribution is 2.34. The van der Waals surface area contributed by atoms with Crippen molar-refractivity contribution in [2.75, 3.05) is 24.8 Å². The lowest BCUT2D eigenvalue weighted by Gasteiger charge is -2.08. The second-order valence-corrected chi connectivity index (χ2v) is 8.87. The number of nitriles is 1. The van der Waals surface area contributed by atoms with Gasteiger partial charge in [0.15, 0.2) is 5.78 Å². The van der Waals surface area contributed by atoms with E-state index in [-0.39, 0.29) is 28.7 Å². The number of ether oxygens (including phenoxy) is 2. The molecule has 0 fully saturated rings. The number of carbonyl (C=O) groups is 3. The molecule has 0 saturated carbocycles. The third-order valence-corrected chi connectivity index (χ3v) is 6.95. The molecular formula is C23H21N3O5S2. The van der Waals surface area contributed by atoms with Crippen LogP contribution in [0.3, 0.4) is 0 Å². The van der Waals surface area contributed by atoms with Crippen LogP contribution in [-0.4, -0.2) is 42.1 Å². The van der Waals surface area contributed by atoms with Crippen molar-refractivity contribution in [2.24, 2.45) is 0 Å². The minimum absolute atomic E-state index is 0.0498. The third-order valence-electron chi connectivity index (χ3n) is 4.65. The number of carbonyl (C=O) groups excluding carboxylic acids is 3. The number of benzene rings is 1. The molecule has 2 heterocycles. The molecule has 1 N–H and O–H groups in total. The number of anilines is 1. The Morgan fingerprint density at radius 1 is 1.27 bits per heavy atom.